The van der Waals surface area contributed by atoms with E-state index in [4.69, 9.17) is 18.2 Å². The molecule has 0 saturated carbocycles. The fourth-order valence-corrected chi connectivity index (χ4v) is 7.05. The molecule has 3 heterocycles. The third-order valence-electron chi connectivity index (χ3n) is 7.98. The number of benzene rings is 6. The third kappa shape index (κ3) is 3.89. The molecule has 0 unspecified atom stereocenters. The van der Waals surface area contributed by atoms with Crippen LogP contribution in [0.2, 0.25) is 0 Å². The summed E-state index contributed by atoms with van der Waals surface area (Å²) in [5.41, 5.74) is 11.6. The van der Waals surface area contributed by atoms with E-state index in [-0.39, 0.29) is 0 Å². The normalized spacial score (nSPS) is 11.6. The minimum Gasteiger partial charge on any atom is -0.304 e. The van der Waals surface area contributed by atoms with Crippen molar-refractivity contribution in [3.8, 4) is 22.3 Å². The van der Waals surface area contributed by atoms with Crippen LogP contribution in [-0.4, -0.2) is 32.9 Å². The van der Waals surface area contributed by atoms with Gasteiger partial charge < -0.3 is 4.90 Å². The van der Waals surface area contributed by atoms with Crippen molar-refractivity contribution in [3.63, 3.8) is 0 Å². The van der Waals surface area contributed by atoms with Crippen LogP contribution in [0.15, 0.2) is 115 Å². The standard InChI is InChI=1S/C34H20N8S2/c1-2-8-21(9-3-1)24-15-18-29(34-31(24)38-44-40-34)42(27-12-6-11-26-32(27)39-43-37-26)28-17-16-25(30-33(28)36-41-35-30)23-14-13-20-7-4-5-10-22(20)19-23/h1-19H,(H,35,36,41). The smallest absolute Gasteiger partial charge is 0.137 e. The van der Waals surface area contributed by atoms with E-state index in [0.29, 0.717) is 0 Å². The van der Waals surface area contributed by atoms with Gasteiger partial charge >= 0.3 is 0 Å². The Hall–Kier alpha value is -5.58. The first-order valence-corrected chi connectivity index (χ1v) is 15.4. The van der Waals surface area contributed by atoms with Crippen LogP contribution in [0.5, 0.6) is 0 Å². The van der Waals surface area contributed by atoms with E-state index in [9.17, 15) is 0 Å². The van der Waals surface area contributed by atoms with Crippen molar-refractivity contribution in [1.82, 2.24) is 32.9 Å². The van der Waals surface area contributed by atoms with E-state index in [2.05, 4.69) is 105 Å². The van der Waals surface area contributed by atoms with E-state index in [1.54, 1.807) is 0 Å². The van der Waals surface area contributed by atoms with E-state index in [1.165, 1.54) is 34.2 Å². The minimum atomic E-state index is 0.735. The molecule has 208 valence electrons. The molecular weight excluding hydrogens is 585 g/mol. The lowest BCUT2D eigenvalue weighted by molar-refractivity contribution is 0.959. The van der Waals surface area contributed by atoms with E-state index in [1.807, 2.05) is 30.3 Å². The molecule has 10 heteroatoms. The molecule has 3 aromatic heterocycles. The van der Waals surface area contributed by atoms with Crippen LogP contribution in [0.1, 0.15) is 0 Å². The number of aromatic nitrogens is 7. The van der Waals surface area contributed by atoms with Crippen molar-refractivity contribution in [2.75, 3.05) is 4.90 Å². The highest BCUT2D eigenvalue weighted by Gasteiger charge is 2.25. The SMILES string of the molecule is c1ccc(-c2ccc(N(c3cccc4nsnc34)c3ccc(-c4ccc5ccccc5c4)c4n[nH]nc34)c3nsnc23)cc1. The molecule has 0 aliphatic carbocycles. The lowest BCUT2D eigenvalue weighted by atomic mass is 9.99. The fourth-order valence-electron chi connectivity index (χ4n) is 5.93. The van der Waals surface area contributed by atoms with Gasteiger partial charge in [-0.2, -0.15) is 32.9 Å². The molecule has 9 aromatic rings. The summed E-state index contributed by atoms with van der Waals surface area (Å²) in [7, 11) is 0. The summed E-state index contributed by atoms with van der Waals surface area (Å²) in [4.78, 5) is 2.16. The maximum absolute atomic E-state index is 4.82. The summed E-state index contributed by atoms with van der Waals surface area (Å²) >= 11 is 2.41. The number of rotatable bonds is 5. The number of nitrogens with zero attached hydrogens (tertiary/aromatic N) is 7. The molecule has 8 nitrogen and oxygen atoms in total. The molecule has 0 bridgehead atoms. The summed E-state index contributed by atoms with van der Waals surface area (Å²) in [5.74, 6) is 0. The molecule has 6 aromatic carbocycles. The van der Waals surface area contributed by atoms with Gasteiger partial charge in [0.2, 0.25) is 0 Å². The highest BCUT2D eigenvalue weighted by atomic mass is 32.1. The lowest BCUT2D eigenvalue weighted by Crippen LogP contribution is -2.12. The summed E-state index contributed by atoms with van der Waals surface area (Å²) < 4.78 is 18.8. The molecule has 0 aliphatic rings. The summed E-state index contributed by atoms with van der Waals surface area (Å²) in [6.45, 7) is 0. The first kappa shape index (κ1) is 25.0. The highest BCUT2D eigenvalue weighted by molar-refractivity contribution is 7.00. The van der Waals surface area contributed by atoms with Gasteiger partial charge in [-0.05, 0) is 64.4 Å². The number of hydrogen-bond donors (Lipinski definition) is 1. The Balaban J connectivity index is 1.29. The third-order valence-corrected chi connectivity index (χ3v) is 9.05. The van der Waals surface area contributed by atoms with Crippen LogP contribution in [0.3, 0.4) is 0 Å². The Labute approximate surface area is 258 Å². The Bertz CT molecular complexity index is 2480. The van der Waals surface area contributed by atoms with Crippen molar-refractivity contribution < 1.29 is 0 Å². The van der Waals surface area contributed by atoms with Gasteiger partial charge in [-0.1, -0.05) is 72.8 Å². The van der Waals surface area contributed by atoms with Crippen LogP contribution < -0.4 is 4.90 Å². The second kappa shape index (κ2) is 10.0. The number of H-pyrrole nitrogens is 1. The van der Waals surface area contributed by atoms with E-state index < -0.39 is 0 Å². The van der Waals surface area contributed by atoms with E-state index in [0.717, 1.165) is 72.4 Å². The Morgan fingerprint density at radius 3 is 2.02 bits per heavy atom. The zero-order valence-electron chi connectivity index (χ0n) is 22.9. The molecular formula is C34H20N8S2. The topological polar surface area (TPSA) is 96.4 Å². The molecule has 1 N–H and O–H groups in total. The predicted octanol–water partition coefficient (Wildman–Crippen LogP) is 8.92. The van der Waals surface area contributed by atoms with Gasteiger partial charge in [0, 0.05) is 11.1 Å². The fraction of sp³-hybridized carbons (Fsp3) is 0. The average molecular weight is 605 g/mol. The predicted molar refractivity (Wildman–Crippen MR) is 179 cm³/mol. The Kier molecular flexibility index (Phi) is 5.68. The monoisotopic (exact) mass is 604 g/mol. The van der Waals surface area contributed by atoms with Crippen LogP contribution in [0.25, 0.3) is 66.1 Å². The van der Waals surface area contributed by atoms with Crippen molar-refractivity contribution in [1.29, 1.82) is 0 Å². The summed E-state index contributed by atoms with van der Waals surface area (Å²) in [6, 6.07) is 39.6. The number of nitrogens with one attached hydrogen (secondary N) is 1. The van der Waals surface area contributed by atoms with Gasteiger partial charge in [0.15, 0.2) is 0 Å². The second-order valence-corrected chi connectivity index (χ2v) is 11.5. The highest BCUT2D eigenvalue weighted by Crippen LogP contribution is 2.46. The second-order valence-electron chi connectivity index (χ2n) is 10.4. The van der Waals surface area contributed by atoms with Gasteiger partial charge in [-0.15, -0.1) is 0 Å². The number of fused-ring (bicyclic) bond motifs is 4. The number of anilines is 3. The molecule has 0 atom stereocenters. The average Bonchev–Trinajstić information content (AvgIpc) is 3.87. The largest absolute Gasteiger partial charge is 0.304 e. The summed E-state index contributed by atoms with van der Waals surface area (Å²) in [6.07, 6.45) is 0. The Morgan fingerprint density at radius 2 is 1.14 bits per heavy atom. The Morgan fingerprint density at radius 1 is 0.455 bits per heavy atom. The molecule has 44 heavy (non-hydrogen) atoms. The van der Waals surface area contributed by atoms with Gasteiger partial charge in [-0.25, -0.2) is 0 Å². The van der Waals surface area contributed by atoms with Gasteiger partial charge in [0.05, 0.1) is 40.5 Å². The van der Waals surface area contributed by atoms with Crippen molar-refractivity contribution in [2.24, 2.45) is 0 Å². The van der Waals surface area contributed by atoms with Gasteiger partial charge in [-0.3, -0.25) is 0 Å². The van der Waals surface area contributed by atoms with Crippen molar-refractivity contribution in [2.45, 2.75) is 0 Å². The molecule has 0 aliphatic heterocycles. The first-order valence-electron chi connectivity index (χ1n) is 14.0. The van der Waals surface area contributed by atoms with Gasteiger partial charge in [0.25, 0.3) is 0 Å². The quantitative estimate of drug-likeness (QED) is 0.209. The molecule has 0 amide bonds. The van der Waals surface area contributed by atoms with Crippen molar-refractivity contribution in [3.05, 3.63) is 115 Å². The number of hydrogen-bond acceptors (Lipinski definition) is 9. The van der Waals surface area contributed by atoms with Crippen LogP contribution in [0, 0.1) is 0 Å². The summed E-state index contributed by atoms with van der Waals surface area (Å²) in [5, 5.41) is 14.6. The molecule has 0 spiro atoms. The first-order chi connectivity index (χ1) is 21.8. The van der Waals surface area contributed by atoms with Gasteiger partial charge in [0.1, 0.15) is 33.1 Å². The maximum Gasteiger partial charge on any atom is 0.137 e. The lowest BCUT2D eigenvalue weighted by Gasteiger charge is -2.26. The molecule has 0 saturated heterocycles. The van der Waals surface area contributed by atoms with E-state index >= 15 is 0 Å². The number of aromatic amines is 1. The molecule has 9 rings (SSSR count). The van der Waals surface area contributed by atoms with Crippen molar-refractivity contribution >= 4 is 84.4 Å². The zero-order chi connectivity index (χ0) is 29.0. The zero-order valence-corrected chi connectivity index (χ0v) is 24.5. The minimum absolute atomic E-state index is 0.735. The molecule has 0 fully saturated rings. The van der Waals surface area contributed by atoms with Crippen LogP contribution in [-0.2, 0) is 0 Å². The molecule has 0 radical (unpaired) electrons. The maximum atomic E-state index is 4.82. The van der Waals surface area contributed by atoms with Crippen LogP contribution in [0.4, 0.5) is 17.1 Å². The van der Waals surface area contributed by atoms with Crippen LogP contribution >= 0.6 is 23.5 Å².